The third kappa shape index (κ3) is 3.86. The van der Waals surface area contributed by atoms with Crippen LogP contribution in [0.2, 0.25) is 0 Å². The molecular formula is C9H12FN2O3S-. The summed E-state index contributed by atoms with van der Waals surface area (Å²) in [6.45, 7) is -0.692. The fourth-order valence-electron chi connectivity index (χ4n) is 1.33. The van der Waals surface area contributed by atoms with E-state index in [1.165, 1.54) is 18.2 Å². The first-order valence-electron chi connectivity index (χ1n) is 4.50. The van der Waals surface area contributed by atoms with Crippen LogP contribution in [0, 0.1) is 0 Å². The molecule has 5 nitrogen and oxygen atoms in total. The largest absolute Gasteiger partial charge is 0.755 e. The first-order valence-corrected chi connectivity index (χ1v) is 5.57. The molecular weight excluding hydrogens is 235 g/mol. The molecule has 90 valence electrons. The predicted octanol–water partition coefficient (Wildman–Crippen LogP) is 0.182. The quantitative estimate of drug-likeness (QED) is 0.510. The van der Waals surface area contributed by atoms with E-state index in [0.717, 1.165) is 0 Å². The summed E-state index contributed by atoms with van der Waals surface area (Å²) in [4.78, 5) is 0. The zero-order valence-corrected chi connectivity index (χ0v) is 9.17. The van der Waals surface area contributed by atoms with E-state index in [2.05, 4.69) is 4.72 Å². The van der Waals surface area contributed by atoms with Crippen LogP contribution in [0.4, 0.5) is 10.1 Å². The van der Waals surface area contributed by atoms with E-state index in [0.29, 0.717) is 16.8 Å². The van der Waals surface area contributed by atoms with Gasteiger partial charge in [-0.3, -0.25) is 4.21 Å². The summed E-state index contributed by atoms with van der Waals surface area (Å²) in [7, 11) is 0. The summed E-state index contributed by atoms with van der Waals surface area (Å²) in [5.41, 5.74) is 6.36. The number of anilines is 1. The third-order valence-corrected chi connectivity index (χ3v) is 2.38. The van der Waals surface area contributed by atoms with Gasteiger partial charge in [0.15, 0.2) is 0 Å². The monoisotopic (exact) mass is 247 g/mol. The summed E-state index contributed by atoms with van der Waals surface area (Å²) in [6.07, 6.45) is -1.03. The van der Waals surface area contributed by atoms with Crippen molar-refractivity contribution in [1.29, 1.82) is 0 Å². The Labute approximate surface area is 94.9 Å². The molecule has 0 spiro atoms. The van der Waals surface area contributed by atoms with E-state index in [4.69, 9.17) is 10.8 Å². The average molecular weight is 247 g/mol. The molecule has 0 amide bonds. The van der Waals surface area contributed by atoms with Gasteiger partial charge in [-0.05, 0) is 23.3 Å². The lowest BCUT2D eigenvalue weighted by molar-refractivity contribution is 0.182. The zero-order chi connectivity index (χ0) is 12.1. The highest BCUT2D eigenvalue weighted by Gasteiger charge is 2.07. The second-order valence-corrected chi connectivity index (χ2v) is 3.90. The Morgan fingerprint density at radius 1 is 1.56 bits per heavy atom. The third-order valence-electron chi connectivity index (χ3n) is 1.98. The number of aliphatic hydroxyl groups is 1. The Balaban J connectivity index is 2.96. The maximum absolute atomic E-state index is 12.6. The summed E-state index contributed by atoms with van der Waals surface area (Å²) < 4.78 is 35.5. The van der Waals surface area contributed by atoms with Crippen molar-refractivity contribution >= 4 is 17.0 Å². The van der Waals surface area contributed by atoms with Crippen molar-refractivity contribution in [2.75, 3.05) is 4.72 Å². The molecule has 2 unspecified atom stereocenters. The van der Waals surface area contributed by atoms with Crippen LogP contribution in [-0.4, -0.2) is 20.1 Å². The highest BCUT2D eigenvalue weighted by molar-refractivity contribution is 7.80. The topological polar surface area (TPSA) is 98.4 Å². The molecule has 7 heteroatoms. The second-order valence-electron chi connectivity index (χ2n) is 3.23. The van der Waals surface area contributed by atoms with Crippen LogP contribution in [0.3, 0.4) is 0 Å². The first-order chi connectivity index (χ1) is 7.52. The van der Waals surface area contributed by atoms with Crippen LogP contribution >= 0.6 is 0 Å². The van der Waals surface area contributed by atoms with Crippen molar-refractivity contribution in [3.05, 3.63) is 29.3 Å². The van der Waals surface area contributed by atoms with Gasteiger partial charge in [-0.25, -0.2) is 4.39 Å². The average Bonchev–Trinajstić information content (AvgIpc) is 2.16. The van der Waals surface area contributed by atoms with Crippen LogP contribution in [0.1, 0.15) is 11.1 Å². The lowest BCUT2D eigenvalue weighted by Gasteiger charge is -2.13. The number of aliphatic hydroxyl groups excluding tert-OH is 1. The standard InChI is InChI=1S/C9H13FN2O3S/c10-5-6-1-2-8(12-16(14)15)3-7(6)4-9(11)13/h1-3,9,12-13H,4-5,11H2,(H,14,15)/p-1. The van der Waals surface area contributed by atoms with Crippen molar-refractivity contribution in [3.63, 3.8) is 0 Å². The van der Waals surface area contributed by atoms with Gasteiger partial charge in [0.05, 0.1) is 0 Å². The molecule has 0 aliphatic rings. The van der Waals surface area contributed by atoms with Gasteiger partial charge in [0.1, 0.15) is 12.9 Å². The first kappa shape index (κ1) is 13.0. The normalized spacial score (nSPS) is 14.5. The molecule has 16 heavy (non-hydrogen) atoms. The number of hydrogen-bond donors (Lipinski definition) is 3. The molecule has 1 aromatic rings. The van der Waals surface area contributed by atoms with E-state index < -0.39 is 24.2 Å². The van der Waals surface area contributed by atoms with Gasteiger partial charge in [-0.1, -0.05) is 6.07 Å². The van der Waals surface area contributed by atoms with Gasteiger partial charge < -0.3 is 20.1 Å². The Hall–Kier alpha value is -1.02. The Kier molecular flexibility index (Phi) is 4.81. The number of halogens is 1. The van der Waals surface area contributed by atoms with Crippen LogP contribution in [-0.2, 0) is 24.4 Å². The van der Waals surface area contributed by atoms with Gasteiger partial charge in [0, 0.05) is 23.4 Å². The minimum atomic E-state index is -2.43. The van der Waals surface area contributed by atoms with Crippen molar-refractivity contribution in [3.8, 4) is 0 Å². The number of nitrogens with two attached hydrogens (primary N) is 1. The minimum absolute atomic E-state index is 0.0697. The minimum Gasteiger partial charge on any atom is -0.755 e. The molecule has 4 N–H and O–H groups in total. The van der Waals surface area contributed by atoms with Gasteiger partial charge in [-0.2, -0.15) is 0 Å². The molecule has 0 aliphatic carbocycles. The predicted molar refractivity (Wildman–Crippen MR) is 57.7 cm³/mol. The number of rotatable bonds is 5. The molecule has 0 radical (unpaired) electrons. The summed E-state index contributed by atoms with van der Waals surface area (Å²) >= 11 is -2.43. The molecule has 1 rings (SSSR count). The highest BCUT2D eigenvalue weighted by atomic mass is 32.2. The summed E-state index contributed by atoms with van der Waals surface area (Å²) in [5, 5.41) is 9.01. The Morgan fingerprint density at radius 2 is 2.25 bits per heavy atom. The maximum Gasteiger partial charge on any atom is 0.115 e. The van der Waals surface area contributed by atoms with Crippen LogP contribution in [0.15, 0.2) is 18.2 Å². The van der Waals surface area contributed by atoms with Crippen molar-refractivity contribution in [2.45, 2.75) is 19.3 Å². The number of hydrogen-bond acceptors (Lipinski definition) is 4. The van der Waals surface area contributed by atoms with Crippen molar-refractivity contribution in [1.82, 2.24) is 0 Å². The summed E-state index contributed by atoms with van der Waals surface area (Å²) in [6, 6.07) is 4.34. The van der Waals surface area contributed by atoms with Gasteiger partial charge in [0.2, 0.25) is 0 Å². The lowest BCUT2D eigenvalue weighted by atomic mass is 10.0. The lowest BCUT2D eigenvalue weighted by Crippen LogP contribution is -2.22. The SMILES string of the molecule is NC(O)Cc1cc(NS(=O)[O-])ccc1CF. The van der Waals surface area contributed by atoms with E-state index in [1.54, 1.807) is 0 Å². The number of benzene rings is 1. The zero-order valence-electron chi connectivity index (χ0n) is 8.35. The van der Waals surface area contributed by atoms with E-state index in [1.807, 2.05) is 0 Å². The molecule has 0 fully saturated rings. The number of alkyl halides is 1. The fraction of sp³-hybridized carbons (Fsp3) is 0.333. The van der Waals surface area contributed by atoms with E-state index in [-0.39, 0.29) is 6.42 Å². The van der Waals surface area contributed by atoms with Crippen molar-refractivity contribution < 1.29 is 18.3 Å². The molecule has 0 saturated heterocycles. The Morgan fingerprint density at radius 3 is 2.75 bits per heavy atom. The molecule has 0 aliphatic heterocycles. The Bertz CT molecular complexity index is 387. The van der Waals surface area contributed by atoms with Crippen LogP contribution < -0.4 is 10.5 Å². The fourth-order valence-corrected chi connectivity index (χ4v) is 1.65. The highest BCUT2D eigenvalue weighted by Crippen LogP contribution is 2.18. The van der Waals surface area contributed by atoms with Crippen LogP contribution in [0.5, 0.6) is 0 Å². The molecule has 0 bridgehead atoms. The molecule has 0 saturated carbocycles. The molecule has 0 aromatic heterocycles. The molecule has 2 atom stereocenters. The van der Waals surface area contributed by atoms with Gasteiger partial charge in [0.25, 0.3) is 0 Å². The smallest absolute Gasteiger partial charge is 0.115 e. The van der Waals surface area contributed by atoms with Gasteiger partial charge in [-0.15, -0.1) is 0 Å². The summed E-state index contributed by atoms with van der Waals surface area (Å²) in [5.74, 6) is 0. The van der Waals surface area contributed by atoms with E-state index in [9.17, 15) is 13.2 Å². The maximum atomic E-state index is 12.6. The van der Waals surface area contributed by atoms with E-state index >= 15 is 0 Å². The molecule has 0 heterocycles. The van der Waals surface area contributed by atoms with Crippen molar-refractivity contribution in [2.24, 2.45) is 5.73 Å². The number of nitrogens with one attached hydrogen (secondary N) is 1. The van der Waals surface area contributed by atoms with Gasteiger partial charge >= 0.3 is 0 Å². The molecule has 1 aromatic carbocycles. The van der Waals surface area contributed by atoms with Crippen LogP contribution in [0.25, 0.3) is 0 Å². The second kappa shape index (κ2) is 5.90.